The maximum Gasteiger partial charge on any atom is 0.573 e. The predicted molar refractivity (Wildman–Crippen MR) is 111 cm³/mol. The highest BCUT2D eigenvalue weighted by atomic mass is 19.4. The molecule has 0 heterocycles. The highest BCUT2D eigenvalue weighted by Gasteiger charge is 2.37. The van der Waals surface area contributed by atoms with E-state index >= 15 is 0 Å². The summed E-state index contributed by atoms with van der Waals surface area (Å²) in [5.41, 5.74) is 1.02. The lowest BCUT2D eigenvalue weighted by atomic mass is 9.63. The van der Waals surface area contributed by atoms with E-state index < -0.39 is 23.7 Å². The summed E-state index contributed by atoms with van der Waals surface area (Å²) in [6, 6.07) is 5.90. The van der Waals surface area contributed by atoms with E-state index in [9.17, 15) is 22.0 Å². The van der Waals surface area contributed by atoms with Crippen LogP contribution in [0.2, 0.25) is 0 Å². The fraction of sp³-hybridized carbons (Fsp3) is 0.600. The van der Waals surface area contributed by atoms with E-state index in [4.69, 9.17) is 0 Å². The molecule has 2 saturated carbocycles. The SMILES string of the molecule is CCCCC1CCC2CC(c3ccc4c(F)c(OC(F)(F)F)c(F)cc4c3)CCC2C1. The molecule has 0 N–H and O–H groups in total. The lowest BCUT2D eigenvalue weighted by molar-refractivity contribution is -0.276. The molecule has 0 radical (unpaired) electrons. The van der Waals surface area contributed by atoms with Crippen LogP contribution in [0.4, 0.5) is 22.0 Å². The van der Waals surface area contributed by atoms with Crippen LogP contribution in [0.25, 0.3) is 10.8 Å². The second-order valence-corrected chi connectivity index (χ2v) is 9.38. The second-order valence-electron chi connectivity index (χ2n) is 9.38. The summed E-state index contributed by atoms with van der Waals surface area (Å²) >= 11 is 0. The fourth-order valence-electron chi connectivity index (χ4n) is 5.84. The molecule has 6 heteroatoms. The van der Waals surface area contributed by atoms with Gasteiger partial charge in [0.2, 0.25) is 5.75 Å². The third-order valence-corrected chi connectivity index (χ3v) is 7.39. The highest BCUT2D eigenvalue weighted by molar-refractivity contribution is 5.85. The van der Waals surface area contributed by atoms with Crippen LogP contribution in [0.3, 0.4) is 0 Å². The van der Waals surface area contributed by atoms with E-state index in [1.807, 2.05) is 0 Å². The van der Waals surface area contributed by atoms with Crippen molar-refractivity contribution in [2.45, 2.75) is 77.0 Å². The van der Waals surface area contributed by atoms with Crippen LogP contribution in [-0.2, 0) is 0 Å². The molecule has 4 atom stereocenters. The molecular formula is C25H29F5O. The Morgan fingerprint density at radius 2 is 1.71 bits per heavy atom. The average Bonchev–Trinajstić information content (AvgIpc) is 2.73. The number of hydrogen-bond donors (Lipinski definition) is 0. The van der Waals surface area contributed by atoms with Crippen molar-refractivity contribution in [2.75, 3.05) is 0 Å². The third kappa shape index (κ3) is 4.98. The van der Waals surface area contributed by atoms with Gasteiger partial charge >= 0.3 is 6.36 Å². The van der Waals surface area contributed by atoms with E-state index in [2.05, 4.69) is 11.7 Å². The number of halogens is 5. The quantitative estimate of drug-likeness (QED) is 0.424. The number of rotatable bonds is 5. The minimum atomic E-state index is -5.15. The lowest BCUT2D eigenvalue weighted by Crippen LogP contribution is -2.30. The molecular weight excluding hydrogens is 411 g/mol. The van der Waals surface area contributed by atoms with Crippen LogP contribution in [0, 0.1) is 29.4 Å². The lowest BCUT2D eigenvalue weighted by Gasteiger charge is -2.42. The summed E-state index contributed by atoms with van der Waals surface area (Å²) in [6.07, 6.45) is 5.93. The number of unbranched alkanes of at least 4 members (excludes halogenated alkanes) is 1. The molecule has 4 rings (SSSR count). The molecule has 2 aliphatic rings. The van der Waals surface area contributed by atoms with Crippen molar-refractivity contribution < 1.29 is 26.7 Å². The normalized spacial score (nSPS) is 26.6. The Hall–Kier alpha value is -1.85. The van der Waals surface area contributed by atoms with Gasteiger partial charge in [-0.1, -0.05) is 50.8 Å². The summed E-state index contributed by atoms with van der Waals surface area (Å²) in [6.45, 7) is 2.24. The van der Waals surface area contributed by atoms with Gasteiger partial charge < -0.3 is 4.74 Å². The number of benzene rings is 2. The minimum absolute atomic E-state index is 0.0606. The topological polar surface area (TPSA) is 9.23 Å². The van der Waals surface area contributed by atoms with Gasteiger partial charge in [-0.05, 0) is 72.8 Å². The third-order valence-electron chi connectivity index (χ3n) is 7.39. The van der Waals surface area contributed by atoms with Gasteiger partial charge in [-0.2, -0.15) is 0 Å². The maximum atomic E-state index is 14.5. The Morgan fingerprint density at radius 3 is 2.45 bits per heavy atom. The number of hydrogen-bond acceptors (Lipinski definition) is 1. The van der Waals surface area contributed by atoms with Gasteiger partial charge in [0.1, 0.15) is 0 Å². The fourth-order valence-corrected chi connectivity index (χ4v) is 5.84. The molecule has 0 spiro atoms. The first-order chi connectivity index (χ1) is 14.7. The van der Waals surface area contributed by atoms with Crippen LogP contribution >= 0.6 is 0 Å². The minimum Gasteiger partial charge on any atom is -0.399 e. The molecule has 2 fully saturated rings. The van der Waals surface area contributed by atoms with Gasteiger partial charge in [0.15, 0.2) is 11.6 Å². The molecule has 4 unspecified atom stereocenters. The average molecular weight is 440 g/mol. The molecule has 31 heavy (non-hydrogen) atoms. The molecule has 2 aromatic rings. The van der Waals surface area contributed by atoms with Crippen LogP contribution in [0.15, 0.2) is 24.3 Å². The molecule has 170 valence electrons. The Kier molecular flexibility index (Phi) is 6.45. The second kappa shape index (κ2) is 8.95. The largest absolute Gasteiger partial charge is 0.573 e. The summed E-state index contributed by atoms with van der Waals surface area (Å²) < 4.78 is 69.7. The van der Waals surface area contributed by atoms with Gasteiger partial charge in [0, 0.05) is 5.39 Å². The first-order valence-electron chi connectivity index (χ1n) is 11.4. The van der Waals surface area contributed by atoms with Gasteiger partial charge in [0.25, 0.3) is 0 Å². The molecule has 0 amide bonds. The van der Waals surface area contributed by atoms with Crippen LogP contribution < -0.4 is 4.74 Å². The smallest absolute Gasteiger partial charge is 0.399 e. The Morgan fingerprint density at radius 1 is 0.968 bits per heavy atom. The number of fused-ring (bicyclic) bond motifs is 2. The zero-order chi connectivity index (χ0) is 22.2. The standard InChI is InChI=1S/C25H29F5O/c1-2-3-4-15-5-6-17-12-18(8-7-16(17)11-15)19-9-10-21-20(13-19)14-22(26)24(23(21)27)31-25(28,29)30/h9-10,13-18H,2-8,11-12H2,1H3. The first-order valence-corrected chi connectivity index (χ1v) is 11.4. The van der Waals surface area contributed by atoms with Gasteiger partial charge in [-0.25, -0.2) is 8.78 Å². The van der Waals surface area contributed by atoms with Crippen molar-refractivity contribution in [2.24, 2.45) is 17.8 Å². The summed E-state index contributed by atoms with van der Waals surface area (Å²) in [4.78, 5) is 0. The zero-order valence-corrected chi connectivity index (χ0v) is 17.8. The van der Waals surface area contributed by atoms with Crippen LogP contribution in [-0.4, -0.2) is 6.36 Å². The molecule has 0 aromatic heterocycles. The van der Waals surface area contributed by atoms with E-state index in [1.54, 1.807) is 12.1 Å². The van der Waals surface area contributed by atoms with Crippen LogP contribution in [0.5, 0.6) is 5.75 Å². The van der Waals surface area contributed by atoms with E-state index in [1.165, 1.54) is 51.0 Å². The van der Waals surface area contributed by atoms with E-state index in [0.29, 0.717) is 11.8 Å². The van der Waals surface area contributed by atoms with Gasteiger partial charge in [-0.15, -0.1) is 13.2 Å². The monoisotopic (exact) mass is 440 g/mol. The molecule has 2 aromatic carbocycles. The maximum absolute atomic E-state index is 14.5. The summed E-state index contributed by atoms with van der Waals surface area (Å²) in [5.74, 6) is -1.38. The molecule has 0 bridgehead atoms. The van der Waals surface area contributed by atoms with Crippen molar-refractivity contribution >= 4 is 10.8 Å². The van der Waals surface area contributed by atoms with Crippen molar-refractivity contribution in [1.82, 2.24) is 0 Å². The number of alkyl halides is 3. The molecule has 2 aliphatic carbocycles. The van der Waals surface area contributed by atoms with Crippen LogP contribution in [0.1, 0.15) is 76.2 Å². The van der Waals surface area contributed by atoms with E-state index in [-0.39, 0.29) is 10.8 Å². The van der Waals surface area contributed by atoms with Crippen molar-refractivity contribution in [3.05, 3.63) is 41.5 Å². The summed E-state index contributed by atoms with van der Waals surface area (Å²) in [7, 11) is 0. The Labute approximate surface area is 180 Å². The highest BCUT2D eigenvalue weighted by Crippen LogP contribution is 2.48. The Balaban J connectivity index is 1.50. The number of ether oxygens (including phenoxy) is 1. The first kappa shape index (κ1) is 22.3. The predicted octanol–water partition coefficient (Wildman–Crippen LogP) is 8.51. The molecule has 0 saturated heterocycles. The van der Waals surface area contributed by atoms with Crippen molar-refractivity contribution in [3.8, 4) is 5.75 Å². The van der Waals surface area contributed by atoms with Gasteiger partial charge in [0.05, 0.1) is 0 Å². The van der Waals surface area contributed by atoms with Crippen molar-refractivity contribution in [1.29, 1.82) is 0 Å². The summed E-state index contributed by atoms with van der Waals surface area (Å²) in [5, 5.41) is 0.210. The van der Waals surface area contributed by atoms with Gasteiger partial charge in [-0.3, -0.25) is 0 Å². The zero-order valence-electron chi connectivity index (χ0n) is 17.8. The molecule has 0 aliphatic heterocycles. The van der Waals surface area contributed by atoms with E-state index in [0.717, 1.165) is 36.3 Å². The Bertz CT molecular complexity index is 922. The molecule has 1 nitrogen and oxygen atoms in total. The van der Waals surface area contributed by atoms with Crippen molar-refractivity contribution in [3.63, 3.8) is 0 Å².